The van der Waals surface area contributed by atoms with Crippen molar-refractivity contribution < 1.29 is 0 Å². The fourth-order valence-corrected chi connectivity index (χ4v) is 4.44. The number of likely N-dealkylation sites (N-methyl/N-ethyl adjacent to an activating group) is 1. The van der Waals surface area contributed by atoms with Gasteiger partial charge in [-0.05, 0) is 50.6 Å². The Hall–Kier alpha value is -1.48. The molecular formula is C17H21N3. The predicted octanol–water partition coefficient (Wildman–Crippen LogP) is 3.15. The first-order valence-corrected chi connectivity index (χ1v) is 7.71. The Bertz CT molecular complexity index is 635. The van der Waals surface area contributed by atoms with E-state index in [1.165, 1.54) is 44.2 Å². The molecule has 1 saturated heterocycles. The summed E-state index contributed by atoms with van der Waals surface area (Å²) in [6.07, 6.45) is 10.3. The first-order valence-electron chi connectivity index (χ1n) is 7.71. The molecule has 1 aliphatic carbocycles. The van der Waals surface area contributed by atoms with Gasteiger partial charge in [-0.2, -0.15) is 0 Å². The summed E-state index contributed by atoms with van der Waals surface area (Å²) >= 11 is 0. The lowest BCUT2D eigenvalue weighted by molar-refractivity contribution is 0.182. The third-order valence-electron chi connectivity index (χ3n) is 5.48. The van der Waals surface area contributed by atoms with E-state index in [0.29, 0.717) is 11.5 Å². The van der Waals surface area contributed by atoms with Crippen molar-refractivity contribution in [1.29, 1.82) is 0 Å². The van der Waals surface area contributed by atoms with Crippen molar-refractivity contribution >= 4 is 11.0 Å². The fraction of sp³-hybridized carbons (Fsp3) is 0.529. The molecule has 1 aliphatic heterocycles. The molecule has 4 rings (SSSR count). The maximum absolute atomic E-state index is 4.49. The topological polar surface area (TPSA) is 29.0 Å². The quantitative estimate of drug-likeness (QED) is 0.795. The van der Waals surface area contributed by atoms with Gasteiger partial charge in [-0.1, -0.05) is 18.9 Å². The van der Waals surface area contributed by atoms with Gasteiger partial charge in [0.05, 0.1) is 11.0 Å². The average molecular weight is 267 g/mol. The van der Waals surface area contributed by atoms with E-state index in [9.17, 15) is 0 Å². The van der Waals surface area contributed by atoms with E-state index in [1.54, 1.807) is 12.4 Å². The highest BCUT2D eigenvalue weighted by atomic mass is 15.2. The number of hydrogen-bond donors (Lipinski definition) is 0. The van der Waals surface area contributed by atoms with E-state index < -0.39 is 0 Å². The number of hydrogen-bond acceptors (Lipinski definition) is 3. The molecular weight excluding hydrogens is 246 g/mol. The molecule has 1 saturated carbocycles. The third-order valence-corrected chi connectivity index (χ3v) is 5.48. The molecule has 0 radical (unpaired) electrons. The van der Waals surface area contributed by atoms with Crippen molar-refractivity contribution in [2.24, 2.45) is 0 Å². The number of benzene rings is 1. The number of nitrogens with zero attached hydrogens (tertiary/aromatic N) is 3. The molecule has 0 N–H and O–H groups in total. The Balaban J connectivity index is 1.84. The van der Waals surface area contributed by atoms with Gasteiger partial charge in [0.15, 0.2) is 0 Å². The molecule has 2 aromatic rings. The second kappa shape index (κ2) is 4.52. The normalized spacial score (nSPS) is 30.6. The van der Waals surface area contributed by atoms with Gasteiger partial charge < -0.3 is 4.90 Å². The van der Waals surface area contributed by atoms with Crippen molar-refractivity contribution in [3.05, 3.63) is 36.2 Å². The van der Waals surface area contributed by atoms with E-state index in [-0.39, 0.29) is 0 Å². The van der Waals surface area contributed by atoms with Gasteiger partial charge in [0.25, 0.3) is 0 Å². The molecule has 1 aromatic heterocycles. The Labute approximate surface area is 120 Å². The van der Waals surface area contributed by atoms with Gasteiger partial charge in [0.2, 0.25) is 0 Å². The van der Waals surface area contributed by atoms with Crippen LogP contribution in [0.4, 0.5) is 0 Å². The van der Waals surface area contributed by atoms with Crippen molar-refractivity contribution in [3.8, 4) is 0 Å². The molecule has 0 amide bonds. The second-order valence-corrected chi connectivity index (χ2v) is 6.41. The molecule has 2 heterocycles. The summed E-state index contributed by atoms with van der Waals surface area (Å²) in [5, 5.41) is 0. The summed E-state index contributed by atoms with van der Waals surface area (Å²) in [5.74, 6) is 0. The van der Waals surface area contributed by atoms with Crippen LogP contribution in [0.15, 0.2) is 30.6 Å². The van der Waals surface area contributed by atoms with E-state index in [1.807, 2.05) is 0 Å². The van der Waals surface area contributed by atoms with Gasteiger partial charge in [0, 0.05) is 23.9 Å². The SMILES string of the molecule is CN1CCC2(c3ccc4nccnc4c3)CCCCC12. The highest BCUT2D eigenvalue weighted by molar-refractivity contribution is 5.75. The Kier molecular flexibility index (Phi) is 2.77. The van der Waals surface area contributed by atoms with Crippen LogP contribution in [0.3, 0.4) is 0 Å². The molecule has 0 bridgehead atoms. The van der Waals surface area contributed by atoms with Crippen molar-refractivity contribution in [2.75, 3.05) is 13.6 Å². The number of aromatic nitrogens is 2. The molecule has 2 atom stereocenters. The van der Waals surface area contributed by atoms with Crippen LogP contribution in [0.2, 0.25) is 0 Å². The molecule has 0 spiro atoms. The molecule has 2 fully saturated rings. The van der Waals surface area contributed by atoms with Crippen molar-refractivity contribution in [1.82, 2.24) is 14.9 Å². The summed E-state index contributed by atoms with van der Waals surface area (Å²) in [5.41, 5.74) is 3.89. The first-order chi connectivity index (χ1) is 9.79. The van der Waals surface area contributed by atoms with Crippen LogP contribution < -0.4 is 0 Å². The zero-order valence-electron chi connectivity index (χ0n) is 12.0. The van der Waals surface area contributed by atoms with Gasteiger partial charge >= 0.3 is 0 Å². The van der Waals surface area contributed by atoms with Crippen LogP contribution in [0.25, 0.3) is 11.0 Å². The highest BCUT2D eigenvalue weighted by Gasteiger charge is 2.48. The van der Waals surface area contributed by atoms with Gasteiger partial charge in [-0.25, -0.2) is 0 Å². The average Bonchev–Trinajstić information content (AvgIpc) is 2.86. The molecule has 3 heteroatoms. The zero-order valence-corrected chi connectivity index (χ0v) is 12.0. The van der Waals surface area contributed by atoms with Crippen LogP contribution in [0, 0.1) is 0 Å². The van der Waals surface area contributed by atoms with E-state index in [0.717, 1.165) is 11.0 Å². The van der Waals surface area contributed by atoms with Gasteiger partial charge in [-0.3, -0.25) is 9.97 Å². The first kappa shape index (κ1) is 12.3. The van der Waals surface area contributed by atoms with Crippen LogP contribution in [0.5, 0.6) is 0 Å². The minimum atomic E-state index is 0.360. The Morgan fingerprint density at radius 3 is 2.85 bits per heavy atom. The molecule has 104 valence electrons. The largest absolute Gasteiger partial charge is 0.302 e. The summed E-state index contributed by atoms with van der Waals surface area (Å²) in [7, 11) is 2.29. The lowest BCUT2D eigenvalue weighted by Crippen LogP contribution is -2.43. The summed E-state index contributed by atoms with van der Waals surface area (Å²) in [6.45, 7) is 1.23. The smallest absolute Gasteiger partial charge is 0.0889 e. The van der Waals surface area contributed by atoms with Crippen LogP contribution in [-0.4, -0.2) is 34.5 Å². The Morgan fingerprint density at radius 1 is 1.10 bits per heavy atom. The lowest BCUT2D eigenvalue weighted by atomic mass is 9.66. The van der Waals surface area contributed by atoms with E-state index >= 15 is 0 Å². The second-order valence-electron chi connectivity index (χ2n) is 6.41. The van der Waals surface area contributed by atoms with E-state index in [2.05, 4.69) is 40.1 Å². The van der Waals surface area contributed by atoms with Crippen molar-refractivity contribution in [2.45, 2.75) is 43.6 Å². The minimum Gasteiger partial charge on any atom is -0.302 e. The zero-order chi connectivity index (χ0) is 13.6. The number of likely N-dealkylation sites (tertiary alicyclic amines) is 1. The molecule has 20 heavy (non-hydrogen) atoms. The molecule has 2 aliphatic rings. The van der Waals surface area contributed by atoms with Crippen molar-refractivity contribution in [3.63, 3.8) is 0 Å². The maximum Gasteiger partial charge on any atom is 0.0889 e. The Morgan fingerprint density at radius 2 is 1.95 bits per heavy atom. The predicted molar refractivity (Wildman–Crippen MR) is 80.7 cm³/mol. The highest BCUT2D eigenvalue weighted by Crippen LogP contribution is 2.48. The molecule has 1 aromatic carbocycles. The third kappa shape index (κ3) is 1.69. The number of fused-ring (bicyclic) bond motifs is 2. The summed E-state index contributed by atoms with van der Waals surface area (Å²) in [4.78, 5) is 11.5. The standard InChI is InChI=1S/C17H21N3/c1-20-11-8-17(7-3-2-4-16(17)20)13-5-6-14-15(12-13)19-10-9-18-14/h5-6,9-10,12,16H,2-4,7-8,11H2,1H3. The molecule has 2 unspecified atom stereocenters. The van der Waals surface area contributed by atoms with Gasteiger partial charge in [0.1, 0.15) is 0 Å². The summed E-state index contributed by atoms with van der Waals surface area (Å²) < 4.78 is 0. The number of rotatable bonds is 1. The fourth-order valence-electron chi connectivity index (χ4n) is 4.44. The maximum atomic E-state index is 4.49. The minimum absolute atomic E-state index is 0.360. The van der Waals surface area contributed by atoms with Crippen LogP contribution in [0.1, 0.15) is 37.7 Å². The van der Waals surface area contributed by atoms with Crippen LogP contribution >= 0.6 is 0 Å². The summed E-state index contributed by atoms with van der Waals surface area (Å²) in [6, 6.07) is 7.45. The monoisotopic (exact) mass is 267 g/mol. The van der Waals surface area contributed by atoms with Crippen LogP contribution in [-0.2, 0) is 5.41 Å². The molecule has 3 nitrogen and oxygen atoms in total. The van der Waals surface area contributed by atoms with Gasteiger partial charge in [-0.15, -0.1) is 0 Å². The van der Waals surface area contributed by atoms with E-state index in [4.69, 9.17) is 0 Å². The lowest BCUT2D eigenvalue weighted by Gasteiger charge is -2.41.